The smallest absolute Gasteiger partial charge is 0.181 e. The Kier molecular flexibility index (Phi) is 3.45. The fourth-order valence-corrected chi connectivity index (χ4v) is 2.00. The minimum absolute atomic E-state index is 0.365. The van der Waals surface area contributed by atoms with E-state index >= 15 is 0 Å². The number of aromatic nitrogens is 4. The van der Waals surface area contributed by atoms with Gasteiger partial charge in [0.05, 0.1) is 6.04 Å². The number of aromatic amines is 1. The van der Waals surface area contributed by atoms with Crippen molar-refractivity contribution in [2.45, 2.75) is 6.04 Å². The third kappa shape index (κ3) is 2.54. The lowest BCUT2D eigenvalue weighted by Crippen LogP contribution is -2.13. The zero-order chi connectivity index (χ0) is 13.9. The van der Waals surface area contributed by atoms with Gasteiger partial charge in [0.15, 0.2) is 5.82 Å². The molecule has 0 spiro atoms. The number of H-pyrrole nitrogens is 1. The van der Waals surface area contributed by atoms with E-state index in [2.05, 4.69) is 20.2 Å². The predicted octanol–water partition coefficient (Wildman–Crippen LogP) is 2.57. The highest BCUT2D eigenvalue weighted by molar-refractivity contribution is 6.30. The average molecular weight is 286 g/mol. The van der Waals surface area contributed by atoms with E-state index in [1.165, 1.54) is 0 Å². The molecule has 3 rings (SSSR count). The number of nitrogens with two attached hydrogens (primary N) is 1. The molecule has 1 aromatic carbocycles. The first-order valence-corrected chi connectivity index (χ1v) is 6.45. The second-order valence-corrected chi connectivity index (χ2v) is 4.75. The van der Waals surface area contributed by atoms with Crippen LogP contribution in [0.2, 0.25) is 5.02 Å². The Labute approximate surface area is 120 Å². The molecule has 20 heavy (non-hydrogen) atoms. The van der Waals surface area contributed by atoms with E-state index in [0.29, 0.717) is 16.7 Å². The molecule has 0 saturated carbocycles. The fraction of sp³-hybridized carbons (Fsp3) is 0.0714. The second-order valence-electron chi connectivity index (χ2n) is 4.31. The third-order valence-corrected chi connectivity index (χ3v) is 3.22. The Balaban J connectivity index is 1.88. The van der Waals surface area contributed by atoms with Crippen molar-refractivity contribution in [2.75, 3.05) is 0 Å². The lowest BCUT2D eigenvalue weighted by molar-refractivity contribution is 0.787. The molecule has 5 nitrogen and oxygen atoms in total. The predicted molar refractivity (Wildman–Crippen MR) is 77.1 cm³/mol. The largest absolute Gasteiger partial charge is 0.318 e. The zero-order valence-corrected chi connectivity index (χ0v) is 11.2. The van der Waals surface area contributed by atoms with Gasteiger partial charge in [-0.1, -0.05) is 23.7 Å². The van der Waals surface area contributed by atoms with Crippen molar-refractivity contribution in [2.24, 2.45) is 5.73 Å². The molecule has 0 saturated heterocycles. The van der Waals surface area contributed by atoms with Crippen LogP contribution >= 0.6 is 11.6 Å². The molecule has 0 radical (unpaired) electrons. The summed E-state index contributed by atoms with van der Waals surface area (Å²) < 4.78 is 0. The molecule has 2 aromatic heterocycles. The number of nitrogens with zero attached hydrogens (tertiary/aromatic N) is 3. The van der Waals surface area contributed by atoms with E-state index in [-0.39, 0.29) is 6.04 Å². The monoisotopic (exact) mass is 285 g/mol. The van der Waals surface area contributed by atoms with Gasteiger partial charge in [0.25, 0.3) is 0 Å². The second kappa shape index (κ2) is 5.40. The van der Waals surface area contributed by atoms with Crippen molar-refractivity contribution in [1.29, 1.82) is 0 Å². The van der Waals surface area contributed by atoms with Crippen molar-refractivity contribution in [1.82, 2.24) is 20.2 Å². The molecular weight excluding hydrogens is 274 g/mol. The Morgan fingerprint density at radius 2 is 1.75 bits per heavy atom. The molecule has 0 amide bonds. The lowest BCUT2D eigenvalue weighted by Gasteiger charge is -2.08. The molecular formula is C14H12ClN5. The third-order valence-electron chi connectivity index (χ3n) is 2.96. The molecule has 6 heteroatoms. The van der Waals surface area contributed by atoms with E-state index in [0.717, 1.165) is 11.1 Å². The van der Waals surface area contributed by atoms with Gasteiger partial charge in [0, 0.05) is 23.0 Å². The summed E-state index contributed by atoms with van der Waals surface area (Å²) >= 11 is 5.86. The maximum Gasteiger partial charge on any atom is 0.181 e. The number of pyridine rings is 1. The Morgan fingerprint density at radius 1 is 1.05 bits per heavy atom. The molecule has 3 aromatic rings. The summed E-state index contributed by atoms with van der Waals surface area (Å²) in [6, 6.07) is 10.7. The first-order valence-electron chi connectivity index (χ1n) is 6.08. The summed E-state index contributed by atoms with van der Waals surface area (Å²) in [6.07, 6.45) is 3.40. The van der Waals surface area contributed by atoms with Crippen LogP contribution in [0.4, 0.5) is 0 Å². The molecule has 0 aliphatic carbocycles. The molecule has 0 aliphatic rings. The Bertz CT molecular complexity index is 693. The first kappa shape index (κ1) is 12.8. The van der Waals surface area contributed by atoms with Gasteiger partial charge < -0.3 is 5.73 Å². The molecule has 0 bridgehead atoms. The average Bonchev–Trinajstić information content (AvgIpc) is 2.98. The topological polar surface area (TPSA) is 80.5 Å². The van der Waals surface area contributed by atoms with E-state index in [4.69, 9.17) is 17.3 Å². The molecule has 0 fully saturated rings. The van der Waals surface area contributed by atoms with Crippen molar-refractivity contribution >= 4 is 11.6 Å². The quantitative estimate of drug-likeness (QED) is 0.775. The zero-order valence-electron chi connectivity index (χ0n) is 10.5. The van der Waals surface area contributed by atoms with Gasteiger partial charge in [-0.15, -0.1) is 0 Å². The van der Waals surface area contributed by atoms with Crippen molar-refractivity contribution in [3.05, 3.63) is 65.2 Å². The molecule has 1 atom stereocenters. The summed E-state index contributed by atoms with van der Waals surface area (Å²) in [6.45, 7) is 0. The van der Waals surface area contributed by atoms with Crippen molar-refractivity contribution < 1.29 is 0 Å². The Morgan fingerprint density at radius 3 is 2.45 bits per heavy atom. The highest BCUT2D eigenvalue weighted by atomic mass is 35.5. The molecule has 0 aliphatic heterocycles. The molecule has 2 heterocycles. The van der Waals surface area contributed by atoms with E-state index in [9.17, 15) is 0 Å². The van der Waals surface area contributed by atoms with Crippen LogP contribution in [0, 0.1) is 0 Å². The minimum Gasteiger partial charge on any atom is -0.318 e. The van der Waals surface area contributed by atoms with Gasteiger partial charge in [-0.05, 0) is 29.8 Å². The SMILES string of the molecule is NC(c1ccc(Cl)cc1)c1nc(-c2ccncc2)n[nH]1. The maximum atomic E-state index is 6.17. The minimum atomic E-state index is -0.365. The highest BCUT2D eigenvalue weighted by Crippen LogP contribution is 2.21. The number of halogens is 1. The summed E-state index contributed by atoms with van der Waals surface area (Å²) in [5, 5.41) is 7.74. The highest BCUT2D eigenvalue weighted by Gasteiger charge is 2.14. The maximum absolute atomic E-state index is 6.17. The van der Waals surface area contributed by atoms with Crippen LogP contribution in [-0.4, -0.2) is 20.2 Å². The van der Waals surface area contributed by atoms with E-state index < -0.39 is 0 Å². The summed E-state index contributed by atoms with van der Waals surface area (Å²) in [5.41, 5.74) is 7.99. The van der Waals surface area contributed by atoms with Gasteiger partial charge in [0.2, 0.25) is 0 Å². The number of hydrogen-bond donors (Lipinski definition) is 2. The van der Waals surface area contributed by atoms with Gasteiger partial charge in [0.1, 0.15) is 5.82 Å². The van der Waals surface area contributed by atoms with Crippen LogP contribution in [0.25, 0.3) is 11.4 Å². The van der Waals surface area contributed by atoms with Gasteiger partial charge >= 0.3 is 0 Å². The van der Waals surface area contributed by atoms with E-state index in [1.54, 1.807) is 24.5 Å². The van der Waals surface area contributed by atoms with Gasteiger partial charge in [-0.25, -0.2) is 4.98 Å². The summed E-state index contributed by atoms with van der Waals surface area (Å²) in [4.78, 5) is 8.39. The van der Waals surface area contributed by atoms with Gasteiger partial charge in [-0.2, -0.15) is 5.10 Å². The Hall–Kier alpha value is -2.24. The molecule has 100 valence electrons. The molecule has 3 N–H and O–H groups in total. The normalized spacial score (nSPS) is 12.3. The van der Waals surface area contributed by atoms with Crippen LogP contribution in [0.3, 0.4) is 0 Å². The summed E-state index contributed by atoms with van der Waals surface area (Å²) in [7, 11) is 0. The standard InChI is InChI=1S/C14H12ClN5/c15-11-3-1-9(2-4-11)12(16)14-18-13(19-20-14)10-5-7-17-8-6-10/h1-8,12H,16H2,(H,18,19,20). The van der Waals surface area contributed by atoms with Gasteiger partial charge in [-0.3, -0.25) is 10.1 Å². The van der Waals surface area contributed by atoms with Crippen molar-refractivity contribution in [3.8, 4) is 11.4 Å². The van der Waals surface area contributed by atoms with Crippen LogP contribution < -0.4 is 5.73 Å². The number of benzene rings is 1. The van der Waals surface area contributed by atoms with Crippen molar-refractivity contribution in [3.63, 3.8) is 0 Å². The first-order chi connectivity index (χ1) is 9.74. The van der Waals surface area contributed by atoms with Crippen LogP contribution in [0.15, 0.2) is 48.8 Å². The number of rotatable bonds is 3. The van der Waals surface area contributed by atoms with E-state index in [1.807, 2.05) is 24.3 Å². The van der Waals surface area contributed by atoms with Crippen LogP contribution in [0.1, 0.15) is 17.4 Å². The number of nitrogens with one attached hydrogen (secondary N) is 1. The van der Waals surface area contributed by atoms with Crippen LogP contribution in [0.5, 0.6) is 0 Å². The molecule has 1 unspecified atom stereocenters. The number of hydrogen-bond acceptors (Lipinski definition) is 4. The lowest BCUT2D eigenvalue weighted by atomic mass is 10.1. The summed E-state index contributed by atoms with van der Waals surface area (Å²) in [5.74, 6) is 1.21. The fourth-order valence-electron chi connectivity index (χ4n) is 1.87. The van der Waals surface area contributed by atoms with Crippen LogP contribution in [-0.2, 0) is 0 Å².